The molecule has 2 rings (SSSR count). The predicted octanol–water partition coefficient (Wildman–Crippen LogP) is 4.66. The Bertz CT molecular complexity index is 369. The Morgan fingerprint density at radius 3 is 2.65 bits per heavy atom. The van der Waals surface area contributed by atoms with Gasteiger partial charge in [-0.1, -0.05) is 43.2 Å². The molecule has 20 heavy (non-hydrogen) atoms. The van der Waals surface area contributed by atoms with Crippen LogP contribution in [0.25, 0.3) is 0 Å². The van der Waals surface area contributed by atoms with E-state index in [1.54, 1.807) is 0 Å². The van der Waals surface area contributed by atoms with Crippen LogP contribution in [0.4, 0.5) is 0 Å². The van der Waals surface area contributed by atoms with E-state index in [-0.39, 0.29) is 6.10 Å². The molecule has 1 saturated carbocycles. The fraction of sp³-hybridized carbons (Fsp3) is 0.647. The van der Waals surface area contributed by atoms with Crippen molar-refractivity contribution in [1.82, 2.24) is 0 Å². The minimum absolute atomic E-state index is 0.167. The summed E-state index contributed by atoms with van der Waals surface area (Å²) in [6.45, 7) is 3.11. The first kappa shape index (κ1) is 15.9. The Morgan fingerprint density at radius 1 is 1.20 bits per heavy atom. The summed E-state index contributed by atoms with van der Waals surface area (Å²) in [7, 11) is 0. The van der Waals surface area contributed by atoms with Crippen molar-refractivity contribution in [3.8, 4) is 0 Å². The smallest absolute Gasteiger partial charge is 0.147 e. The summed E-state index contributed by atoms with van der Waals surface area (Å²) in [6.07, 6.45) is 7.65. The second-order valence-electron chi connectivity index (χ2n) is 5.33. The van der Waals surface area contributed by atoms with Crippen molar-refractivity contribution in [2.24, 2.45) is 5.92 Å². The van der Waals surface area contributed by atoms with Gasteiger partial charge in [-0.25, -0.2) is 0 Å². The summed E-state index contributed by atoms with van der Waals surface area (Å²) in [5.74, 6) is 0.599. The molecule has 2 nitrogen and oxygen atoms in total. The third-order valence-corrected chi connectivity index (χ3v) is 5.30. The first-order valence-electron chi connectivity index (χ1n) is 7.64. The van der Waals surface area contributed by atoms with Gasteiger partial charge in [-0.2, -0.15) is 11.8 Å². The van der Waals surface area contributed by atoms with E-state index in [9.17, 15) is 0 Å². The molecule has 3 atom stereocenters. The molecule has 0 aliphatic heterocycles. The van der Waals surface area contributed by atoms with Crippen molar-refractivity contribution in [2.75, 3.05) is 19.7 Å². The van der Waals surface area contributed by atoms with Crippen LogP contribution in [0.1, 0.15) is 44.3 Å². The van der Waals surface area contributed by atoms with E-state index < -0.39 is 0 Å². The topological polar surface area (TPSA) is 18.5 Å². The Kier molecular flexibility index (Phi) is 6.91. The van der Waals surface area contributed by atoms with E-state index in [1.165, 1.54) is 31.2 Å². The lowest BCUT2D eigenvalue weighted by Crippen LogP contribution is -2.29. The second-order valence-corrected chi connectivity index (χ2v) is 6.41. The first-order chi connectivity index (χ1) is 9.86. The zero-order valence-corrected chi connectivity index (χ0v) is 13.4. The van der Waals surface area contributed by atoms with Crippen molar-refractivity contribution in [1.29, 1.82) is 0 Å². The fourth-order valence-electron chi connectivity index (χ4n) is 3.08. The normalized spacial score (nSPS) is 24.5. The molecule has 0 radical (unpaired) electrons. The van der Waals surface area contributed by atoms with E-state index in [0.717, 1.165) is 0 Å². The maximum atomic E-state index is 6.10. The molecule has 1 aromatic rings. The molecule has 1 fully saturated rings. The largest absolute Gasteiger partial charge is 0.356 e. The first-order valence-corrected chi connectivity index (χ1v) is 8.92. The molecule has 1 aliphatic carbocycles. The SMILES string of the molecule is CCOCOC(c1ccccc1)[C@H]1CCCC[C@@H]1SC. The number of ether oxygens (including phenoxy) is 2. The summed E-state index contributed by atoms with van der Waals surface area (Å²) in [5, 5.41) is 0.704. The van der Waals surface area contributed by atoms with Crippen LogP contribution >= 0.6 is 11.8 Å². The molecule has 0 saturated heterocycles. The Morgan fingerprint density at radius 2 is 1.95 bits per heavy atom. The lowest BCUT2D eigenvalue weighted by molar-refractivity contribution is -0.109. The van der Waals surface area contributed by atoms with Gasteiger partial charge in [-0.15, -0.1) is 0 Å². The third-order valence-electron chi connectivity index (χ3n) is 4.11. The molecule has 3 heteroatoms. The molecule has 0 aromatic heterocycles. The van der Waals surface area contributed by atoms with Gasteiger partial charge in [0.05, 0.1) is 6.10 Å². The van der Waals surface area contributed by atoms with Crippen LogP contribution in [-0.2, 0) is 9.47 Å². The lowest BCUT2D eigenvalue weighted by Gasteiger charge is -2.36. The lowest BCUT2D eigenvalue weighted by atomic mass is 9.82. The summed E-state index contributed by atoms with van der Waals surface area (Å²) in [5.41, 5.74) is 1.29. The number of thioether (sulfide) groups is 1. The summed E-state index contributed by atoms with van der Waals surface area (Å²) in [4.78, 5) is 0. The van der Waals surface area contributed by atoms with Gasteiger partial charge in [0.25, 0.3) is 0 Å². The van der Waals surface area contributed by atoms with E-state index in [0.29, 0.717) is 24.6 Å². The van der Waals surface area contributed by atoms with Gasteiger partial charge in [0.15, 0.2) is 0 Å². The number of benzene rings is 1. The predicted molar refractivity (Wildman–Crippen MR) is 86.0 cm³/mol. The summed E-state index contributed by atoms with van der Waals surface area (Å²) in [6, 6.07) is 10.6. The van der Waals surface area contributed by atoms with Crippen molar-refractivity contribution < 1.29 is 9.47 Å². The van der Waals surface area contributed by atoms with Crippen molar-refractivity contribution >= 4 is 11.8 Å². The maximum Gasteiger partial charge on any atom is 0.147 e. The van der Waals surface area contributed by atoms with Gasteiger partial charge in [-0.3, -0.25) is 0 Å². The molecule has 1 aliphatic rings. The molecule has 0 N–H and O–H groups in total. The van der Waals surface area contributed by atoms with Crippen molar-refractivity contribution in [2.45, 2.75) is 44.0 Å². The minimum Gasteiger partial charge on any atom is -0.356 e. The van der Waals surface area contributed by atoms with Gasteiger partial charge in [0.2, 0.25) is 0 Å². The fourth-order valence-corrected chi connectivity index (χ4v) is 4.11. The van der Waals surface area contributed by atoms with Crippen LogP contribution in [0.15, 0.2) is 30.3 Å². The van der Waals surface area contributed by atoms with Crippen LogP contribution < -0.4 is 0 Å². The quantitative estimate of drug-likeness (QED) is 0.538. The van der Waals surface area contributed by atoms with Gasteiger partial charge in [-0.05, 0) is 31.6 Å². The molecule has 1 unspecified atom stereocenters. The average molecular weight is 294 g/mol. The van der Waals surface area contributed by atoms with E-state index in [2.05, 4.69) is 36.6 Å². The molecular formula is C17H26O2S. The standard InChI is InChI=1S/C17H26O2S/c1-3-18-13-19-17(14-9-5-4-6-10-14)15-11-7-8-12-16(15)20-2/h4-6,9-10,15-17H,3,7-8,11-13H2,1-2H3/t15-,16-,17?/m0/s1. The molecule has 0 bridgehead atoms. The Labute approximate surface area is 127 Å². The van der Waals surface area contributed by atoms with Crippen molar-refractivity contribution in [3.05, 3.63) is 35.9 Å². The molecular weight excluding hydrogens is 268 g/mol. The average Bonchev–Trinajstić information content (AvgIpc) is 2.52. The third kappa shape index (κ3) is 4.24. The molecule has 112 valence electrons. The van der Waals surface area contributed by atoms with E-state index >= 15 is 0 Å². The second kappa shape index (κ2) is 8.71. The van der Waals surface area contributed by atoms with Crippen LogP contribution in [0.2, 0.25) is 0 Å². The Hall–Kier alpha value is -0.510. The highest BCUT2D eigenvalue weighted by atomic mass is 32.2. The van der Waals surface area contributed by atoms with Gasteiger partial charge < -0.3 is 9.47 Å². The van der Waals surface area contributed by atoms with Crippen LogP contribution in [0.5, 0.6) is 0 Å². The Balaban J connectivity index is 2.12. The highest BCUT2D eigenvalue weighted by Crippen LogP contribution is 2.41. The van der Waals surface area contributed by atoms with Crippen LogP contribution in [0.3, 0.4) is 0 Å². The zero-order chi connectivity index (χ0) is 14.2. The van der Waals surface area contributed by atoms with Gasteiger partial charge >= 0.3 is 0 Å². The minimum atomic E-state index is 0.167. The molecule has 0 heterocycles. The highest BCUT2D eigenvalue weighted by Gasteiger charge is 2.33. The van der Waals surface area contributed by atoms with Gasteiger partial charge in [0, 0.05) is 17.8 Å². The van der Waals surface area contributed by atoms with E-state index in [1.807, 2.05) is 18.7 Å². The van der Waals surface area contributed by atoms with Crippen LogP contribution in [-0.4, -0.2) is 24.9 Å². The number of hydrogen-bond donors (Lipinski definition) is 0. The highest BCUT2D eigenvalue weighted by molar-refractivity contribution is 7.99. The van der Waals surface area contributed by atoms with Crippen LogP contribution in [0, 0.1) is 5.92 Å². The number of hydrogen-bond acceptors (Lipinski definition) is 3. The molecule has 0 amide bonds. The van der Waals surface area contributed by atoms with Crippen molar-refractivity contribution in [3.63, 3.8) is 0 Å². The summed E-state index contributed by atoms with van der Waals surface area (Å²) < 4.78 is 11.5. The maximum absolute atomic E-state index is 6.10. The van der Waals surface area contributed by atoms with E-state index in [4.69, 9.17) is 9.47 Å². The molecule has 1 aromatic carbocycles. The monoisotopic (exact) mass is 294 g/mol. The number of rotatable bonds is 7. The molecule has 0 spiro atoms. The summed E-state index contributed by atoms with van der Waals surface area (Å²) >= 11 is 2.00. The zero-order valence-electron chi connectivity index (χ0n) is 12.6. The van der Waals surface area contributed by atoms with Gasteiger partial charge in [0.1, 0.15) is 6.79 Å².